The van der Waals surface area contributed by atoms with E-state index in [2.05, 4.69) is 20.5 Å². The first-order valence-corrected chi connectivity index (χ1v) is 7.18. The van der Waals surface area contributed by atoms with Crippen LogP contribution in [0.5, 0.6) is 0 Å². The third-order valence-corrected chi connectivity index (χ3v) is 3.15. The highest BCUT2D eigenvalue weighted by Crippen LogP contribution is 2.17. The van der Waals surface area contributed by atoms with Crippen LogP contribution in [0.1, 0.15) is 11.7 Å². The van der Waals surface area contributed by atoms with E-state index in [1.165, 1.54) is 10.8 Å². The number of nitrogens with two attached hydrogens (primary N) is 1. The summed E-state index contributed by atoms with van der Waals surface area (Å²) in [6, 6.07) is 7.12. The Balaban J connectivity index is 1.76. The van der Waals surface area contributed by atoms with E-state index in [-0.39, 0.29) is 30.8 Å². The topological polar surface area (TPSA) is 130 Å². The molecule has 10 nitrogen and oxygen atoms in total. The van der Waals surface area contributed by atoms with Crippen LogP contribution in [-0.4, -0.2) is 43.2 Å². The van der Waals surface area contributed by atoms with Crippen LogP contribution in [0.25, 0.3) is 11.0 Å². The molecule has 0 saturated carbocycles. The monoisotopic (exact) mass is 329 g/mol. The third-order valence-electron chi connectivity index (χ3n) is 3.15. The van der Waals surface area contributed by atoms with Gasteiger partial charge in [-0.05, 0) is 19.1 Å². The molecule has 0 aliphatic carbocycles. The van der Waals surface area contributed by atoms with Gasteiger partial charge in [-0.2, -0.15) is 9.90 Å². The zero-order valence-corrected chi connectivity index (χ0v) is 12.8. The summed E-state index contributed by atoms with van der Waals surface area (Å²) in [5.41, 5.74) is 7.05. The molecule has 3 rings (SSSR count). The fourth-order valence-electron chi connectivity index (χ4n) is 2.20. The fraction of sp³-hybridized carbons (Fsp3) is 0.214. The highest BCUT2D eigenvalue weighted by Gasteiger charge is 2.16. The Hall–Kier alpha value is -3.43. The van der Waals surface area contributed by atoms with Crippen LogP contribution >= 0.6 is 0 Å². The first-order valence-electron chi connectivity index (χ1n) is 7.18. The second kappa shape index (κ2) is 6.36. The lowest BCUT2D eigenvalue weighted by Gasteiger charge is -2.04. The number of hydrogen-bond acceptors (Lipinski definition) is 7. The number of benzene rings is 1. The first kappa shape index (κ1) is 15.5. The predicted octanol–water partition coefficient (Wildman–Crippen LogP) is 1.12. The molecular formula is C14H15N7O3. The number of para-hydroxylation sites is 2. The maximum atomic E-state index is 12.5. The van der Waals surface area contributed by atoms with Gasteiger partial charge in [0.05, 0.1) is 23.8 Å². The minimum Gasteiger partial charge on any atom is -0.450 e. The number of nitrogens with zero attached hydrogens (tertiary/aromatic N) is 5. The number of rotatable bonds is 4. The largest absolute Gasteiger partial charge is 0.450 e. The molecule has 3 N–H and O–H groups in total. The number of aromatic nitrogens is 5. The Kier molecular flexibility index (Phi) is 4.10. The van der Waals surface area contributed by atoms with Gasteiger partial charge < -0.3 is 10.5 Å². The van der Waals surface area contributed by atoms with Crippen molar-refractivity contribution in [1.29, 1.82) is 0 Å². The summed E-state index contributed by atoms with van der Waals surface area (Å²) in [5, 5.41) is 10.3. The molecule has 1 amide bonds. The predicted molar refractivity (Wildman–Crippen MR) is 85.4 cm³/mol. The Labute approximate surface area is 136 Å². The zero-order chi connectivity index (χ0) is 17.1. The first-order chi connectivity index (χ1) is 11.6. The lowest BCUT2D eigenvalue weighted by Crippen LogP contribution is -2.21. The summed E-state index contributed by atoms with van der Waals surface area (Å²) >= 11 is 0. The lowest BCUT2D eigenvalue weighted by molar-refractivity contribution is 0.0888. The van der Waals surface area contributed by atoms with Gasteiger partial charge in [0.1, 0.15) is 6.54 Å². The number of imidazole rings is 1. The van der Waals surface area contributed by atoms with Crippen LogP contribution in [0.3, 0.4) is 0 Å². The number of nitrogens with one attached hydrogen (secondary N) is 1. The number of anilines is 2. The molecule has 0 fully saturated rings. The molecule has 24 heavy (non-hydrogen) atoms. The van der Waals surface area contributed by atoms with Gasteiger partial charge in [-0.25, -0.2) is 14.3 Å². The molecular weight excluding hydrogens is 314 g/mol. The second-order valence-corrected chi connectivity index (χ2v) is 4.79. The van der Waals surface area contributed by atoms with Crippen molar-refractivity contribution in [2.45, 2.75) is 13.5 Å². The number of hydrogen-bond donors (Lipinski definition) is 2. The van der Waals surface area contributed by atoms with Gasteiger partial charge in [-0.1, -0.05) is 12.1 Å². The highest BCUT2D eigenvalue weighted by atomic mass is 16.5. The van der Waals surface area contributed by atoms with Crippen LogP contribution in [0.2, 0.25) is 0 Å². The number of ether oxygens (including phenoxy) is 1. The Morgan fingerprint density at radius 3 is 2.92 bits per heavy atom. The van der Waals surface area contributed by atoms with Crippen LogP contribution in [0.15, 0.2) is 30.5 Å². The molecule has 0 atom stereocenters. The molecule has 124 valence electrons. The van der Waals surface area contributed by atoms with Crippen LogP contribution in [0, 0.1) is 0 Å². The smallest absolute Gasteiger partial charge is 0.412 e. The minimum absolute atomic E-state index is 0.0956. The number of carbonyl (C=O) groups is 2. The summed E-state index contributed by atoms with van der Waals surface area (Å²) in [7, 11) is 0. The van der Waals surface area contributed by atoms with Gasteiger partial charge in [0.25, 0.3) is 5.91 Å². The Bertz CT molecular complexity index is 899. The molecule has 0 radical (unpaired) electrons. The van der Waals surface area contributed by atoms with E-state index in [9.17, 15) is 9.59 Å². The molecule has 0 aliphatic rings. The van der Waals surface area contributed by atoms with E-state index in [0.29, 0.717) is 11.0 Å². The van der Waals surface area contributed by atoms with Gasteiger partial charge in [0.2, 0.25) is 5.95 Å². The van der Waals surface area contributed by atoms with E-state index in [4.69, 9.17) is 10.5 Å². The third kappa shape index (κ3) is 3.02. The fourth-order valence-corrected chi connectivity index (χ4v) is 2.20. The van der Waals surface area contributed by atoms with Gasteiger partial charge in [0, 0.05) is 0 Å². The van der Waals surface area contributed by atoms with Gasteiger partial charge >= 0.3 is 6.09 Å². The number of nitrogen functional groups attached to an aromatic ring is 1. The van der Waals surface area contributed by atoms with Crippen molar-refractivity contribution in [3.05, 3.63) is 30.5 Å². The lowest BCUT2D eigenvalue weighted by atomic mass is 10.3. The molecule has 0 bridgehead atoms. The van der Waals surface area contributed by atoms with Crippen molar-refractivity contribution in [3.8, 4) is 0 Å². The number of fused-ring (bicyclic) bond motifs is 1. The maximum absolute atomic E-state index is 12.5. The van der Waals surface area contributed by atoms with Gasteiger partial charge in [-0.3, -0.25) is 10.1 Å². The molecule has 10 heteroatoms. The molecule has 0 saturated heterocycles. The molecule has 1 aromatic carbocycles. The van der Waals surface area contributed by atoms with Crippen molar-refractivity contribution < 1.29 is 14.3 Å². The van der Waals surface area contributed by atoms with Crippen LogP contribution < -0.4 is 11.1 Å². The van der Waals surface area contributed by atoms with E-state index >= 15 is 0 Å². The SMILES string of the molecule is CCOC(=O)Nc1cnn(CC(=O)n2c(N)nc3ccccc32)n1. The van der Waals surface area contributed by atoms with Crippen LogP contribution in [-0.2, 0) is 11.3 Å². The van der Waals surface area contributed by atoms with E-state index < -0.39 is 6.09 Å². The van der Waals surface area contributed by atoms with Crippen molar-refractivity contribution in [3.63, 3.8) is 0 Å². The maximum Gasteiger partial charge on any atom is 0.412 e. The highest BCUT2D eigenvalue weighted by molar-refractivity contribution is 5.93. The summed E-state index contributed by atoms with van der Waals surface area (Å²) in [4.78, 5) is 29.1. The summed E-state index contributed by atoms with van der Waals surface area (Å²) in [5.74, 6) is -0.0672. The standard InChI is InChI=1S/C14H15N7O3/c1-2-24-14(23)18-11-7-16-20(19-11)8-12(22)21-10-6-4-3-5-9(10)17-13(21)15/h3-7H,2,8H2,1H3,(H2,15,17)(H,18,19,23). The van der Waals surface area contributed by atoms with Crippen molar-refractivity contribution in [2.24, 2.45) is 0 Å². The summed E-state index contributed by atoms with van der Waals surface area (Å²) < 4.78 is 6.04. The van der Waals surface area contributed by atoms with E-state index in [1.807, 2.05) is 6.07 Å². The number of carbonyl (C=O) groups excluding carboxylic acids is 2. The quantitative estimate of drug-likeness (QED) is 0.733. The molecule has 2 aromatic heterocycles. The average molecular weight is 329 g/mol. The van der Waals surface area contributed by atoms with Gasteiger partial charge in [-0.15, -0.1) is 5.10 Å². The molecule has 0 spiro atoms. The van der Waals surface area contributed by atoms with Gasteiger partial charge in [0.15, 0.2) is 5.82 Å². The molecule has 0 aliphatic heterocycles. The summed E-state index contributed by atoms with van der Waals surface area (Å²) in [6.45, 7) is 1.77. The van der Waals surface area contributed by atoms with E-state index in [1.54, 1.807) is 25.1 Å². The molecule has 0 unspecified atom stereocenters. The van der Waals surface area contributed by atoms with E-state index in [0.717, 1.165) is 4.80 Å². The Morgan fingerprint density at radius 2 is 2.12 bits per heavy atom. The normalized spacial score (nSPS) is 10.7. The van der Waals surface area contributed by atoms with Crippen LogP contribution in [0.4, 0.5) is 16.6 Å². The van der Waals surface area contributed by atoms with Crippen molar-refractivity contribution in [2.75, 3.05) is 17.7 Å². The van der Waals surface area contributed by atoms with Crippen molar-refractivity contribution >= 4 is 34.8 Å². The summed E-state index contributed by atoms with van der Waals surface area (Å²) in [6.07, 6.45) is 0.681. The Morgan fingerprint density at radius 1 is 1.33 bits per heavy atom. The second-order valence-electron chi connectivity index (χ2n) is 4.79. The molecule has 2 heterocycles. The minimum atomic E-state index is -0.638. The molecule has 3 aromatic rings. The van der Waals surface area contributed by atoms with Crippen molar-refractivity contribution in [1.82, 2.24) is 24.5 Å². The number of amides is 1. The zero-order valence-electron chi connectivity index (χ0n) is 12.8. The average Bonchev–Trinajstić information content (AvgIpc) is 3.10.